The molecule has 0 aliphatic carbocycles. The molecule has 12 nitrogen and oxygen atoms in total. The van der Waals surface area contributed by atoms with E-state index < -0.39 is 13.7 Å². The maximum Gasteiger partial charge on any atom is 0.328 e. The number of benzene rings is 6. The van der Waals surface area contributed by atoms with Gasteiger partial charge in [0.05, 0.1) is 25.1 Å². The van der Waals surface area contributed by atoms with E-state index in [1.807, 2.05) is 36.4 Å². The van der Waals surface area contributed by atoms with Crippen molar-refractivity contribution < 1.29 is 9.47 Å². The Kier molecular flexibility index (Phi) is 14.6. The summed E-state index contributed by atoms with van der Waals surface area (Å²) in [6.07, 6.45) is 5.34. The maximum absolute atomic E-state index is 12.4. The highest BCUT2D eigenvalue weighted by Crippen LogP contribution is 2.39. The number of fused-ring (bicyclic) bond motifs is 3. The molecule has 0 unspecified atom stereocenters. The number of aryl methyl sites for hydroxylation is 2. The smallest absolute Gasteiger partial charge is 0.328 e. The average molecular weight is 1050 g/mol. The van der Waals surface area contributed by atoms with Crippen LogP contribution in [0.2, 0.25) is 0 Å². The summed E-state index contributed by atoms with van der Waals surface area (Å²) in [7, 11) is 0. The van der Waals surface area contributed by atoms with E-state index in [0.717, 1.165) is 105 Å². The van der Waals surface area contributed by atoms with Gasteiger partial charge in [-0.05, 0) is 61.8 Å². The van der Waals surface area contributed by atoms with Gasteiger partial charge in [0, 0.05) is 64.6 Å². The Morgan fingerprint density at radius 1 is 0.537 bits per heavy atom. The molecule has 80 heavy (non-hydrogen) atoms. The Morgan fingerprint density at radius 3 is 1.38 bits per heavy atom. The Labute approximate surface area is 468 Å². The van der Waals surface area contributed by atoms with Gasteiger partial charge in [-0.1, -0.05) is 195 Å². The summed E-state index contributed by atoms with van der Waals surface area (Å²) < 4.78 is 22.4. The molecular weight excluding hydrogens is 986 g/mol. The van der Waals surface area contributed by atoms with E-state index in [4.69, 9.17) is 34.7 Å². The third-order valence-electron chi connectivity index (χ3n) is 15.4. The number of hydrogen-bond acceptors (Lipinski definition) is 7. The number of ether oxygens (including phenoxy) is 2. The number of rotatable bonds is 16. The monoisotopic (exact) mass is 1050 g/mol. The van der Waals surface area contributed by atoms with Crippen LogP contribution in [0.25, 0.3) is 49.4 Å². The Balaban J connectivity index is 1.43. The highest BCUT2D eigenvalue weighted by Gasteiger charge is 2.38. The van der Waals surface area contributed by atoms with E-state index in [9.17, 15) is 11.8 Å². The predicted molar refractivity (Wildman–Crippen MR) is 320 cm³/mol. The second kappa shape index (κ2) is 22.7. The van der Waals surface area contributed by atoms with Crippen molar-refractivity contribution >= 4 is 57.6 Å². The zero-order chi connectivity index (χ0) is 54.7. The molecule has 6 aromatic carbocycles. The van der Waals surface area contributed by atoms with Crippen molar-refractivity contribution in [3.8, 4) is 40.1 Å². The van der Waals surface area contributed by atoms with Gasteiger partial charge in [-0.25, -0.2) is 4.85 Å². The minimum Gasteiger partial charge on any atom is -0.493 e. The van der Waals surface area contributed by atoms with Crippen molar-refractivity contribution in [2.45, 2.75) is 79.3 Å². The molecule has 394 valence electrons. The van der Waals surface area contributed by atoms with Crippen molar-refractivity contribution in [2.24, 2.45) is 11.8 Å². The number of nitrogens with zero attached hydrogens (tertiary/aromatic N) is 10. The Bertz CT molecular complexity index is 3730. The first-order valence-corrected chi connectivity index (χ1v) is 28.2. The van der Waals surface area contributed by atoms with Crippen LogP contribution in [0.5, 0.6) is 11.5 Å². The third-order valence-corrected chi connectivity index (χ3v) is 15.4. The van der Waals surface area contributed by atoms with Gasteiger partial charge in [0.1, 0.15) is 34.8 Å². The molecule has 14 heteroatoms. The molecule has 0 radical (unpaired) electrons. The fraction of sp³-hybridized carbons (Fsp3) is 0.242. The minimum absolute atomic E-state index is 0.268. The van der Waals surface area contributed by atoms with Crippen LogP contribution in [0.4, 0.5) is 0 Å². The fourth-order valence-corrected chi connectivity index (χ4v) is 11.9. The van der Waals surface area contributed by atoms with Crippen molar-refractivity contribution in [3.05, 3.63) is 215 Å². The molecular formula is C66H62B2N10O2. The average Bonchev–Trinajstić information content (AvgIpc) is 4.39. The number of hydrogen-bond donors (Lipinski definition) is 0. The zero-order valence-electron chi connectivity index (χ0n) is 45.8. The fourth-order valence-electron chi connectivity index (χ4n) is 11.9. The summed E-state index contributed by atoms with van der Waals surface area (Å²) in [6.45, 7) is 19.6. The SMILES string of the molecule is [C-]#[N+]/C(c1nnc2n1CCCC2)=c1\c2c(-c3cccc(OCC(C)C)c3)n(B(c3ccccc3)c3ccccc3)/c(=C(/C#N)c3nnc4n3CCCC4)c2c(-c2cccc(OCC(C)C)c2)n1B(c1ccccc1)c1ccccc1. The third kappa shape index (κ3) is 9.70. The van der Waals surface area contributed by atoms with Crippen LogP contribution >= 0.6 is 0 Å². The molecule has 0 saturated carbocycles. The first-order valence-electron chi connectivity index (χ1n) is 28.2. The molecule has 6 heterocycles. The first kappa shape index (κ1) is 51.6. The predicted octanol–water partition coefficient (Wildman–Crippen LogP) is 8.81. The van der Waals surface area contributed by atoms with Crippen molar-refractivity contribution in [1.29, 1.82) is 5.26 Å². The second-order valence-corrected chi connectivity index (χ2v) is 21.8. The Morgan fingerprint density at radius 2 is 0.950 bits per heavy atom. The summed E-state index contributed by atoms with van der Waals surface area (Å²) >= 11 is 0. The van der Waals surface area contributed by atoms with Crippen LogP contribution in [0.1, 0.15) is 76.7 Å². The molecule has 0 N–H and O–H groups in total. The molecule has 0 spiro atoms. The van der Waals surface area contributed by atoms with Gasteiger partial charge in [-0.15, -0.1) is 20.4 Å². The van der Waals surface area contributed by atoms with Crippen LogP contribution in [-0.4, -0.2) is 65.4 Å². The lowest BCUT2D eigenvalue weighted by Crippen LogP contribution is -2.54. The summed E-state index contributed by atoms with van der Waals surface area (Å²) in [5, 5.41) is 34.9. The van der Waals surface area contributed by atoms with Crippen LogP contribution in [0, 0.1) is 29.7 Å². The van der Waals surface area contributed by atoms with Crippen LogP contribution in [0.3, 0.4) is 0 Å². The largest absolute Gasteiger partial charge is 0.493 e. The lowest BCUT2D eigenvalue weighted by molar-refractivity contribution is 0.271. The number of aromatic nitrogens is 8. The van der Waals surface area contributed by atoms with Gasteiger partial charge >= 0.3 is 13.7 Å². The minimum atomic E-state index is -0.534. The molecule has 4 aromatic heterocycles. The van der Waals surface area contributed by atoms with Gasteiger partial charge in [-0.3, -0.25) is 0 Å². The van der Waals surface area contributed by atoms with E-state index >= 15 is 0 Å². The topological polar surface area (TPSA) is 118 Å². The zero-order valence-corrected chi connectivity index (χ0v) is 45.8. The first-order chi connectivity index (χ1) is 39.3. The highest BCUT2D eigenvalue weighted by atomic mass is 16.5. The van der Waals surface area contributed by atoms with E-state index in [1.165, 1.54) is 0 Å². The molecule has 2 aliphatic heterocycles. The van der Waals surface area contributed by atoms with Crippen LogP contribution in [0.15, 0.2) is 170 Å². The van der Waals surface area contributed by atoms with E-state index in [2.05, 4.69) is 185 Å². The summed E-state index contributed by atoms with van der Waals surface area (Å²) in [6, 6.07) is 61.6. The molecule has 12 rings (SSSR count). The standard InChI is InChI=1S/C66H62B2N10O2/c1-45(2)43-79-53-34-22-24-47(40-53)61-58-59(64(60(70-5)66-74-72-57-37-19-21-39-76(57)66)78(61)68(51-30-14-8-15-31-51)52-32-16-9-17-33-52)62(48-25-23-35-54(41-48)80-44-46(3)4)77(67(49-26-10-6-11-27-49)50-28-12-7-13-29-50)63(58)55(42-69)65-73-71-56-36-18-20-38-75(56)65/h6-17,22-35,40-41,45-46H,18-21,36-39,43-44H2,1-4H3/b63-55-,64-60+. The van der Waals surface area contributed by atoms with Crippen molar-refractivity contribution in [1.82, 2.24) is 38.5 Å². The van der Waals surface area contributed by atoms with E-state index in [0.29, 0.717) is 71.4 Å². The molecule has 0 saturated heterocycles. The van der Waals surface area contributed by atoms with Gasteiger partial charge in [-0.2, -0.15) is 5.26 Å². The van der Waals surface area contributed by atoms with Gasteiger partial charge < -0.3 is 27.6 Å². The molecule has 0 atom stereocenters. The molecule has 0 amide bonds. The molecule has 0 bridgehead atoms. The van der Waals surface area contributed by atoms with Crippen LogP contribution in [-0.2, 0) is 25.9 Å². The van der Waals surface area contributed by atoms with E-state index in [1.54, 1.807) is 0 Å². The van der Waals surface area contributed by atoms with Crippen molar-refractivity contribution in [3.63, 3.8) is 0 Å². The quantitative estimate of drug-likeness (QED) is 0.0702. The molecule has 2 aliphatic rings. The maximum atomic E-state index is 12.4. The van der Waals surface area contributed by atoms with Crippen LogP contribution < -0.4 is 42.0 Å². The summed E-state index contributed by atoms with van der Waals surface area (Å²) in [4.78, 5) is 4.70. The van der Waals surface area contributed by atoms with Gasteiger partial charge in [0.2, 0.25) is 0 Å². The summed E-state index contributed by atoms with van der Waals surface area (Å²) in [5.74, 6) is 4.66. The van der Waals surface area contributed by atoms with Crippen molar-refractivity contribution in [2.75, 3.05) is 13.2 Å². The van der Waals surface area contributed by atoms with E-state index in [-0.39, 0.29) is 11.8 Å². The van der Waals surface area contributed by atoms with Gasteiger partial charge in [0.25, 0.3) is 5.70 Å². The molecule has 10 aromatic rings. The Hall–Kier alpha value is -9.13. The molecule has 0 fully saturated rings. The second-order valence-electron chi connectivity index (χ2n) is 21.8. The lowest BCUT2D eigenvalue weighted by Gasteiger charge is -2.25. The highest BCUT2D eigenvalue weighted by molar-refractivity contribution is 6.85. The normalized spacial score (nSPS) is 13.8. The van der Waals surface area contributed by atoms with Gasteiger partial charge in [0.15, 0.2) is 11.6 Å². The number of nitriles is 1. The lowest BCUT2D eigenvalue weighted by atomic mass is 9.50. The summed E-state index contributed by atoms with van der Waals surface area (Å²) in [5.41, 5.74) is 7.96.